The molecule has 26 heavy (non-hydrogen) atoms. The first-order valence-electron chi connectivity index (χ1n) is 9.80. The van der Waals surface area contributed by atoms with Crippen molar-refractivity contribution < 1.29 is 4.79 Å². The molecule has 2 heterocycles. The molecule has 2 saturated heterocycles. The normalized spacial score (nSPS) is 27.2. The molecular weight excluding hydrogens is 348 g/mol. The number of carbonyl (C=O) groups excluding carboxylic acids is 1. The number of piperazine rings is 1. The fourth-order valence-electron chi connectivity index (χ4n) is 3.97. The molecule has 0 bridgehead atoms. The van der Waals surface area contributed by atoms with Gasteiger partial charge in [-0.1, -0.05) is 24.1 Å². The minimum Gasteiger partial charge on any atom is -0.339 e. The molecule has 3 rings (SSSR count). The summed E-state index contributed by atoms with van der Waals surface area (Å²) in [4.78, 5) is 24.0. The zero-order valence-electron chi connectivity index (χ0n) is 16.1. The van der Waals surface area contributed by atoms with Crippen LogP contribution >= 0.6 is 11.6 Å². The molecule has 3 aliphatic rings. The zero-order chi connectivity index (χ0) is 18.5. The maximum Gasteiger partial charge on any atom is 0.236 e. The van der Waals surface area contributed by atoms with E-state index in [-0.39, 0.29) is 5.91 Å². The Morgan fingerprint density at radius 1 is 1.23 bits per heavy atom. The lowest BCUT2D eigenvalue weighted by atomic mass is 9.91. The minimum atomic E-state index is 0.263. The molecule has 2 aliphatic heterocycles. The highest BCUT2D eigenvalue weighted by atomic mass is 35.5. The van der Waals surface area contributed by atoms with Gasteiger partial charge >= 0.3 is 0 Å². The van der Waals surface area contributed by atoms with Crippen molar-refractivity contribution in [3.8, 4) is 0 Å². The first kappa shape index (κ1) is 19.6. The van der Waals surface area contributed by atoms with Crippen molar-refractivity contribution >= 4 is 23.2 Å². The van der Waals surface area contributed by atoms with E-state index >= 15 is 0 Å². The SMILES string of the molecule is C/N=C1/CCN(CC(=O)N2CCN(C3CCC3)CC2)C/C1=C/C=C(\C)Cl. The Kier molecular flexibility index (Phi) is 6.90. The molecule has 3 fully saturated rings. The smallest absolute Gasteiger partial charge is 0.236 e. The highest BCUT2D eigenvalue weighted by Gasteiger charge is 2.30. The van der Waals surface area contributed by atoms with E-state index in [0.717, 1.165) is 62.5 Å². The first-order valence-corrected chi connectivity index (χ1v) is 10.2. The molecule has 0 atom stereocenters. The van der Waals surface area contributed by atoms with Gasteiger partial charge in [0.1, 0.15) is 0 Å². The molecule has 0 aromatic carbocycles. The topological polar surface area (TPSA) is 39.2 Å². The summed E-state index contributed by atoms with van der Waals surface area (Å²) in [5.41, 5.74) is 2.29. The van der Waals surface area contributed by atoms with Gasteiger partial charge in [-0.15, -0.1) is 0 Å². The van der Waals surface area contributed by atoms with Crippen molar-refractivity contribution in [1.82, 2.24) is 14.7 Å². The van der Waals surface area contributed by atoms with Gasteiger partial charge in [0, 0.05) is 69.5 Å². The predicted molar refractivity (Wildman–Crippen MR) is 108 cm³/mol. The highest BCUT2D eigenvalue weighted by Crippen LogP contribution is 2.25. The second-order valence-electron chi connectivity index (χ2n) is 7.58. The van der Waals surface area contributed by atoms with Crippen molar-refractivity contribution in [2.75, 3.05) is 52.9 Å². The van der Waals surface area contributed by atoms with Gasteiger partial charge in [0.25, 0.3) is 0 Å². The zero-order valence-corrected chi connectivity index (χ0v) is 16.8. The van der Waals surface area contributed by atoms with E-state index in [1.807, 2.05) is 31.0 Å². The molecule has 5 nitrogen and oxygen atoms in total. The Hall–Kier alpha value is -1.17. The predicted octanol–water partition coefficient (Wildman–Crippen LogP) is 2.53. The fraction of sp³-hybridized carbons (Fsp3) is 0.700. The summed E-state index contributed by atoms with van der Waals surface area (Å²) in [5.74, 6) is 0.263. The Bertz CT molecular complexity index is 597. The molecule has 0 aromatic rings. The number of likely N-dealkylation sites (tertiary alicyclic amines) is 1. The van der Waals surface area contributed by atoms with E-state index in [2.05, 4.69) is 14.8 Å². The Labute approximate surface area is 162 Å². The van der Waals surface area contributed by atoms with Gasteiger partial charge < -0.3 is 4.90 Å². The van der Waals surface area contributed by atoms with Crippen LogP contribution in [0.5, 0.6) is 0 Å². The summed E-state index contributed by atoms with van der Waals surface area (Å²) in [5, 5.41) is 0.755. The maximum absolute atomic E-state index is 12.7. The average Bonchev–Trinajstić information content (AvgIpc) is 2.59. The van der Waals surface area contributed by atoms with Crippen LogP contribution in [0.15, 0.2) is 27.7 Å². The third-order valence-corrected chi connectivity index (χ3v) is 5.96. The lowest BCUT2D eigenvalue weighted by molar-refractivity contribution is -0.134. The third-order valence-electron chi connectivity index (χ3n) is 5.83. The van der Waals surface area contributed by atoms with E-state index in [1.54, 1.807) is 0 Å². The van der Waals surface area contributed by atoms with Gasteiger partial charge in [-0.25, -0.2) is 0 Å². The average molecular weight is 379 g/mol. The fourth-order valence-corrected chi connectivity index (χ4v) is 4.03. The van der Waals surface area contributed by atoms with Gasteiger partial charge in [0.15, 0.2) is 0 Å². The largest absolute Gasteiger partial charge is 0.339 e. The number of rotatable bonds is 4. The van der Waals surface area contributed by atoms with Crippen molar-refractivity contribution in [3.63, 3.8) is 0 Å². The number of amides is 1. The van der Waals surface area contributed by atoms with Gasteiger partial charge in [-0.3, -0.25) is 19.6 Å². The van der Waals surface area contributed by atoms with Crippen LogP contribution in [-0.2, 0) is 4.79 Å². The van der Waals surface area contributed by atoms with Crippen LogP contribution in [0, 0.1) is 0 Å². The Morgan fingerprint density at radius 3 is 2.54 bits per heavy atom. The molecule has 6 heteroatoms. The molecule has 1 saturated carbocycles. The van der Waals surface area contributed by atoms with Crippen LogP contribution in [0.25, 0.3) is 0 Å². The van der Waals surface area contributed by atoms with Crippen LogP contribution in [0.3, 0.4) is 0 Å². The summed E-state index contributed by atoms with van der Waals surface area (Å²) in [6.45, 7) is 7.85. The second kappa shape index (κ2) is 9.16. The van der Waals surface area contributed by atoms with Crippen molar-refractivity contribution in [1.29, 1.82) is 0 Å². The van der Waals surface area contributed by atoms with Crippen LogP contribution in [0.2, 0.25) is 0 Å². The molecule has 0 N–H and O–H groups in total. The number of piperidine rings is 1. The van der Waals surface area contributed by atoms with Crippen molar-refractivity contribution in [2.24, 2.45) is 4.99 Å². The van der Waals surface area contributed by atoms with E-state index in [1.165, 1.54) is 24.8 Å². The summed E-state index contributed by atoms with van der Waals surface area (Å²) in [7, 11) is 1.84. The highest BCUT2D eigenvalue weighted by molar-refractivity contribution is 6.29. The van der Waals surface area contributed by atoms with Crippen molar-refractivity contribution in [3.05, 3.63) is 22.8 Å². The maximum atomic E-state index is 12.7. The number of carbonyl (C=O) groups is 1. The first-order chi connectivity index (χ1) is 12.6. The van der Waals surface area contributed by atoms with E-state index < -0.39 is 0 Å². The summed E-state index contributed by atoms with van der Waals surface area (Å²) in [6.07, 6.45) is 8.89. The minimum absolute atomic E-state index is 0.263. The second-order valence-corrected chi connectivity index (χ2v) is 8.17. The standard InChI is InChI=1S/C20H31ClN4O/c1-16(21)6-7-17-14-23(9-8-19(17)22-2)15-20(26)25-12-10-24(11-13-25)18-4-3-5-18/h6-7,18H,3-5,8-15H2,1-2H3/b16-6+,17-7-,22-19-. The number of halogens is 1. The van der Waals surface area contributed by atoms with Gasteiger partial charge in [-0.05, 0) is 31.4 Å². The van der Waals surface area contributed by atoms with E-state index in [0.29, 0.717) is 6.54 Å². The monoisotopic (exact) mass is 378 g/mol. The van der Waals surface area contributed by atoms with E-state index in [4.69, 9.17) is 11.6 Å². The Morgan fingerprint density at radius 2 is 1.96 bits per heavy atom. The van der Waals surface area contributed by atoms with Crippen LogP contribution < -0.4 is 0 Å². The number of allylic oxidation sites excluding steroid dienone is 3. The molecule has 0 radical (unpaired) electrons. The molecule has 144 valence electrons. The van der Waals surface area contributed by atoms with Gasteiger partial charge in [-0.2, -0.15) is 0 Å². The third kappa shape index (κ3) is 4.96. The van der Waals surface area contributed by atoms with Crippen LogP contribution in [0.1, 0.15) is 32.6 Å². The summed E-state index contributed by atoms with van der Waals surface area (Å²) in [6, 6.07) is 0.784. The number of nitrogens with zero attached hydrogens (tertiary/aromatic N) is 4. The van der Waals surface area contributed by atoms with Gasteiger partial charge in [0.2, 0.25) is 5.91 Å². The van der Waals surface area contributed by atoms with Gasteiger partial charge in [0.05, 0.1) is 6.54 Å². The molecular formula is C20H31ClN4O. The summed E-state index contributed by atoms with van der Waals surface area (Å²) < 4.78 is 0. The van der Waals surface area contributed by atoms with Crippen LogP contribution in [0.4, 0.5) is 0 Å². The number of hydrogen-bond acceptors (Lipinski definition) is 4. The lowest BCUT2D eigenvalue weighted by Crippen LogP contribution is -2.55. The van der Waals surface area contributed by atoms with Crippen molar-refractivity contribution in [2.45, 2.75) is 38.6 Å². The molecule has 0 aromatic heterocycles. The van der Waals surface area contributed by atoms with E-state index in [9.17, 15) is 4.79 Å². The molecule has 0 unspecified atom stereocenters. The molecule has 1 amide bonds. The summed E-state index contributed by atoms with van der Waals surface area (Å²) >= 11 is 5.96. The molecule has 1 aliphatic carbocycles. The number of aliphatic imine (C=N–C) groups is 1. The number of hydrogen-bond donors (Lipinski definition) is 0. The Balaban J connectivity index is 1.51. The molecule has 0 spiro atoms. The lowest BCUT2D eigenvalue weighted by Gasteiger charge is -2.43. The quantitative estimate of drug-likeness (QED) is 0.754. The van der Waals surface area contributed by atoms with Crippen LogP contribution in [-0.4, -0.2) is 85.2 Å².